The van der Waals surface area contributed by atoms with Crippen molar-refractivity contribution in [3.05, 3.63) is 51.5 Å². The summed E-state index contributed by atoms with van der Waals surface area (Å²) in [7, 11) is 3.34. The third kappa shape index (κ3) is 10.4. The Balaban J connectivity index is 1.87. The Kier molecular flexibility index (Phi) is 11.6. The molecule has 39 heavy (non-hydrogen) atoms. The lowest BCUT2D eigenvalue weighted by molar-refractivity contribution is -0.226. The summed E-state index contributed by atoms with van der Waals surface area (Å²) in [5.41, 5.74) is 2.21. The van der Waals surface area contributed by atoms with Crippen LogP contribution in [-0.2, 0) is 22.3 Å². The first-order valence-electron chi connectivity index (χ1n) is 14.3. The molecule has 0 bridgehead atoms. The molecule has 2 aromatic rings. The first-order chi connectivity index (χ1) is 18.5. The van der Waals surface area contributed by atoms with Crippen LogP contribution in [0.1, 0.15) is 83.4 Å². The smallest absolute Gasteiger partial charge is 0.163 e. The first-order valence-corrected chi connectivity index (χ1v) is 15.2. The molecule has 1 aromatic carbocycles. The highest BCUT2D eigenvalue weighted by Gasteiger charge is 2.28. The Hall–Kier alpha value is -2.22. The lowest BCUT2D eigenvalue weighted by Crippen LogP contribution is -2.40. The second-order valence-electron chi connectivity index (χ2n) is 12.1. The minimum absolute atomic E-state index is 0.275. The normalized spacial score (nSPS) is 16.1. The number of benzene rings is 1. The molecule has 218 valence electrons. The number of rotatable bonds is 14. The largest absolute Gasteiger partial charge is 0.497 e. The van der Waals surface area contributed by atoms with Crippen molar-refractivity contribution in [2.24, 2.45) is 5.41 Å². The molecular weight excluding hydrogens is 508 g/mol. The number of hydrogen-bond acceptors (Lipinski definition) is 7. The number of nitrogens with one attached hydrogen (secondary N) is 2. The van der Waals surface area contributed by atoms with E-state index in [1.165, 1.54) is 35.4 Å². The van der Waals surface area contributed by atoms with Crippen molar-refractivity contribution in [2.75, 3.05) is 32.8 Å². The molecule has 1 aliphatic rings. The molecule has 2 heterocycles. The Bertz CT molecular complexity index is 1060. The molecule has 1 fully saturated rings. The van der Waals surface area contributed by atoms with E-state index in [1.807, 2.05) is 43.4 Å². The number of thiophene rings is 1. The summed E-state index contributed by atoms with van der Waals surface area (Å²) in [5, 5.41) is 7.52. The SMILES string of the molecule is CCCCCCC(Cc1ccc(CC(C)(C)C)s1)NC(Nc1ccc(OC)cc1OC)=C1COC(C)(C)OC1. The van der Waals surface area contributed by atoms with Crippen LogP contribution >= 0.6 is 11.3 Å². The van der Waals surface area contributed by atoms with Crippen molar-refractivity contribution in [3.63, 3.8) is 0 Å². The first kappa shape index (κ1) is 31.3. The van der Waals surface area contributed by atoms with Crippen molar-refractivity contribution in [3.8, 4) is 11.5 Å². The summed E-state index contributed by atoms with van der Waals surface area (Å²) in [6.45, 7) is 14.1. The van der Waals surface area contributed by atoms with E-state index in [-0.39, 0.29) is 11.5 Å². The van der Waals surface area contributed by atoms with Crippen LogP contribution in [0.25, 0.3) is 0 Å². The third-order valence-corrected chi connectivity index (χ3v) is 7.94. The van der Waals surface area contributed by atoms with Crippen LogP contribution in [-0.4, -0.2) is 39.3 Å². The highest BCUT2D eigenvalue weighted by molar-refractivity contribution is 7.12. The van der Waals surface area contributed by atoms with Gasteiger partial charge in [-0.1, -0.05) is 53.4 Å². The van der Waals surface area contributed by atoms with Gasteiger partial charge in [0.15, 0.2) is 5.79 Å². The van der Waals surface area contributed by atoms with Crippen molar-refractivity contribution >= 4 is 17.0 Å². The molecule has 1 atom stereocenters. The van der Waals surface area contributed by atoms with Gasteiger partial charge in [-0.25, -0.2) is 0 Å². The summed E-state index contributed by atoms with van der Waals surface area (Å²) < 4.78 is 23.2. The molecule has 0 spiro atoms. The third-order valence-electron chi connectivity index (χ3n) is 6.83. The molecule has 6 nitrogen and oxygen atoms in total. The summed E-state index contributed by atoms with van der Waals surface area (Å²) >= 11 is 1.95. The highest BCUT2D eigenvalue weighted by Crippen LogP contribution is 2.32. The molecule has 7 heteroatoms. The van der Waals surface area contributed by atoms with E-state index >= 15 is 0 Å². The van der Waals surface area contributed by atoms with Crippen LogP contribution in [0, 0.1) is 5.41 Å². The molecule has 3 rings (SSSR count). The van der Waals surface area contributed by atoms with E-state index < -0.39 is 5.79 Å². The Morgan fingerprint density at radius 3 is 2.36 bits per heavy atom. The fourth-order valence-corrected chi connectivity index (χ4v) is 6.05. The number of ether oxygens (including phenoxy) is 4. The number of hydrogen-bond donors (Lipinski definition) is 2. The van der Waals surface area contributed by atoms with Gasteiger partial charge in [0.25, 0.3) is 0 Å². The predicted molar refractivity (Wildman–Crippen MR) is 163 cm³/mol. The Morgan fingerprint density at radius 1 is 1.00 bits per heavy atom. The average molecular weight is 559 g/mol. The summed E-state index contributed by atoms with van der Waals surface area (Å²) in [6, 6.07) is 10.7. The van der Waals surface area contributed by atoms with Crippen LogP contribution < -0.4 is 20.1 Å². The van der Waals surface area contributed by atoms with Gasteiger partial charge in [-0.2, -0.15) is 0 Å². The van der Waals surface area contributed by atoms with Gasteiger partial charge >= 0.3 is 0 Å². The van der Waals surface area contributed by atoms with E-state index in [0.29, 0.717) is 13.2 Å². The van der Waals surface area contributed by atoms with Crippen molar-refractivity contribution < 1.29 is 18.9 Å². The fraction of sp³-hybridized carbons (Fsp3) is 0.625. The minimum Gasteiger partial charge on any atom is -0.497 e. The molecule has 0 aliphatic carbocycles. The molecule has 0 saturated carbocycles. The van der Waals surface area contributed by atoms with Crippen LogP contribution in [0.5, 0.6) is 11.5 Å². The van der Waals surface area contributed by atoms with Crippen molar-refractivity contribution in [2.45, 2.75) is 98.3 Å². The number of anilines is 1. The molecule has 2 N–H and O–H groups in total. The maximum Gasteiger partial charge on any atom is 0.163 e. The van der Waals surface area contributed by atoms with Gasteiger partial charge in [-0.15, -0.1) is 11.3 Å². The maximum atomic E-state index is 6.04. The van der Waals surface area contributed by atoms with Crippen LogP contribution in [0.15, 0.2) is 41.7 Å². The van der Waals surface area contributed by atoms with Gasteiger partial charge in [0, 0.05) is 33.9 Å². The van der Waals surface area contributed by atoms with E-state index in [1.54, 1.807) is 14.2 Å². The van der Waals surface area contributed by atoms with Gasteiger partial charge in [0.2, 0.25) is 0 Å². The van der Waals surface area contributed by atoms with Crippen LogP contribution in [0.4, 0.5) is 5.69 Å². The van der Waals surface area contributed by atoms with E-state index in [2.05, 4.69) is 50.5 Å². The summed E-state index contributed by atoms with van der Waals surface area (Å²) in [6.07, 6.45) is 8.13. The monoisotopic (exact) mass is 558 g/mol. The highest BCUT2D eigenvalue weighted by atomic mass is 32.1. The second kappa shape index (κ2) is 14.4. The van der Waals surface area contributed by atoms with E-state index in [4.69, 9.17) is 18.9 Å². The van der Waals surface area contributed by atoms with Gasteiger partial charge < -0.3 is 29.6 Å². The zero-order chi connectivity index (χ0) is 28.5. The second-order valence-corrected chi connectivity index (χ2v) is 13.4. The zero-order valence-electron chi connectivity index (χ0n) is 25.4. The molecule has 0 radical (unpaired) electrons. The van der Waals surface area contributed by atoms with Gasteiger partial charge in [0.05, 0.1) is 33.1 Å². The zero-order valence-corrected chi connectivity index (χ0v) is 26.2. The minimum atomic E-state index is -0.591. The van der Waals surface area contributed by atoms with Crippen LogP contribution in [0.2, 0.25) is 0 Å². The summed E-state index contributed by atoms with van der Waals surface area (Å²) in [5.74, 6) is 1.81. The topological polar surface area (TPSA) is 61.0 Å². The standard InChI is InChI=1S/C32H50N2O4S/c1-9-10-11-12-13-24(18-26-15-16-27(39-26)20-31(2,3)4)33-30(23-21-37-32(5,6)38-22-23)34-28-17-14-25(35-7)19-29(28)36-8/h14-17,19,24,33-34H,9-13,18,20-22H2,1-8H3. The van der Waals surface area contributed by atoms with Gasteiger partial charge in [0.1, 0.15) is 17.3 Å². The van der Waals surface area contributed by atoms with Gasteiger partial charge in [-0.05, 0) is 56.4 Å². The van der Waals surface area contributed by atoms with Gasteiger partial charge in [-0.3, -0.25) is 0 Å². The number of methoxy groups -OCH3 is 2. The molecule has 0 amide bonds. The Labute approximate surface area is 240 Å². The predicted octanol–water partition coefficient (Wildman–Crippen LogP) is 7.93. The Morgan fingerprint density at radius 2 is 1.72 bits per heavy atom. The molecule has 1 aliphatic heterocycles. The molecule has 1 aromatic heterocycles. The maximum absolute atomic E-state index is 6.04. The molecular formula is C32H50N2O4S. The summed E-state index contributed by atoms with van der Waals surface area (Å²) in [4.78, 5) is 2.88. The van der Waals surface area contributed by atoms with Crippen molar-refractivity contribution in [1.82, 2.24) is 5.32 Å². The fourth-order valence-electron chi connectivity index (χ4n) is 4.65. The quantitative estimate of drug-likeness (QED) is 0.230. The van der Waals surface area contributed by atoms with Crippen molar-refractivity contribution in [1.29, 1.82) is 0 Å². The average Bonchev–Trinajstić information content (AvgIpc) is 3.31. The lowest BCUT2D eigenvalue weighted by Gasteiger charge is -2.34. The van der Waals surface area contributed by atoms with E-state index in [0.717, 1.165) is 47.8 Å². The lowest BCUT2D eigenvalue weighted by atomic mass is 9.92. The van der Waals surface area contributed by atoms with E-state index in [9.17, 15) is 0 Å². The molecule has 1 unspecified atom stereocenters. The van der Waals surface area contributed by atoms with Crippen LogP contribution in [0.3, 0.4) is 0 Å². The number of unbranched alkanes of at least 4 members (excludes halogenated alkanes) is 3. The molecule has 1 saturated heterocycles.